The fourth-order valence-corrected chi connectivity index (χ4v) is 2.60. The topological polar surface area (TPSA) is 45.4 Å². The first-order valence-electron chi connectivity index (χ1n) is 8.13. The van der Waals surface area contributed by atoms with Crippen LogP contribution in [0.3, 0.4) is 0 Å². The van der Waals surface area contributed by atoms with E-state index in [1.54, 1.807) is 18.2 Å². The number of hydrogen-bond donors (Lipinski definition) is 2. The van der Waals surface area contributed by atoms with Crippen LogP contribution in [0.1, 0.15) is 23.0 Å². The van der Waals surface area contributed by atoms with Gasteiger partial charge in [0, 0.05) is 12.1 Å². The van der Waals surface area contributed by atoms with Gasteiger partial charge in [0.25, 0.3) is 0 Å². The molecule has 0 radical (unpaired) electrons. The van der Waals surface area contributed by atoms with Crippen LogP contribution in [0.4, 0.5) is 13.2 Å². The minimum atomic E-state index is -4.39. The van der Waals surface area contributed by atoms with E-state index in [-0.39, 0.29) is 0 Å². The second-order valence-electron chi connectivity index (χ2n) is 5.90. The van der Waals surface area contributed by atoms with Crippen molar-refractivity contribution in [1.82, 2.24) is 5.32 Å². The fourth-order valence-electron chi connectivity index (χ4n) is 2.60. The van der Waals surface area contributed by atoms with E-state index in [0.717, 1.165) is 17.7 Å². The normalized spacial score (nSPS) is 12.9. The van der Waals surface area contributed by atoms with Crippen molar-refractivity contribution in [3.8, 4) is 11.3 Å². The Morgan fingerprint density at radius 2 is 1.73 bits per heavy atom. The van der Waals surface area contributed by atoms with E-state index < -0.39 is 17.8 Å². The van der Waals surface area contributed by atoms with Crippen LogP contribution in [0.15, 0.2) is 71.1 Å². The van der Waals surface area contributed by atoms with Crippen LogP contribution >= 0.6 is 0 Å². The lowest BCUT2D eigenvalue weighted by Gasteiger charge is -2.11. The molecule has 0 aliphatic carbocycles. The lowest BCUT2D eigenvalue weighted by atomic mass is 10.1. The Bertz CT molecular complexity index is 844. The monoisotopic (exact) mass is 361 g/mol. The molecule has 0 aliphatic rings. The van der Waals surface area contributed by atoms with Gasteiger partial charge >= 0.3 is 6.18 Å². The van der Waals surface area contributed by atoms with Crippen molar-refractivity contribution in [2.75, 3.05) is 6.54 Å². The van der Waals surface area contributed by atoms with Gasteiger partial charge < -0.3 is 14.8 Å². The van der Waals surface area contributed by atoms with E-state index in [9.17, 15) is 18.3 Å². The largest absolute Gasteiger partial charge is 0.460 e. The number of aliphatic hydroxyl groups excluding tert-OH is 1. The summed E-state index contributed by atoms with van der Waals surface area (Å²) >= 11 is 0. The van der Waals surface area contributed by atoms with Gasteiger partial charge in [-0.25, -0.2) is 0 Å². The maximum Gasteiger partial charge on any atom is 0.416 e. The van der Waals surface area contributed by atoms with E-state index in [4.69, 9.17) is 4.42 Å². The molecule has 26 heavy (non-hydrogen) atoms. The molecular formula is C20H18F3NO2. The fraction of sp³-hybridized carbons (Fsp3) is 0.200. The molecule has 136 valence electrons. The van der Waals surface area contributed by atoms with Gasteiger partial charge in [0.15, 0.2) is 0 Å². The molecular weight excluding hydrogens is 343 g/mol. The van der Waals surface area contributed by atoms with E-state index >= 15 is 0 Å². The zero-order chi connectivity index (χ0) is 18.6. The molecule has 2 aromatic carbocycles. The predicted octanol–water partition coefficient (Wildman–Crippen LogP) is 4.79. The number of benzene rings is 2. The predicted molar refractivity (Wildman–Crippen MR) is 92.3 cm³/mol. The van der Waals surface area contributed by atoms with Gasteiger partial charge in [0.05, 0.1) is 18.2 Å². The van der Waals surface area contributed by atoms with Crippen LogP contribution in [0, 0.1) is 0 Å². The molecule has 1 aromatic heterocycles. The van der Waals surface area contributed by atoms with Crippen LogP contribution in [-0.2, 0) is 12.7 Å². The van der Waals surface area contributed by atoms with E-state index in [1.165, 1.54) is 6.07 Å². The smallest absolute Gasteiger partial charge is 0.416 e. The summed E-state index contributed by atoms with van der Waals surface area (Å²) in [6.07, 6.45) is -5.03. The molecule has 0 saturated carbocycles. The molecule has 0 spiro atoms. The average molecular weight is 361 g/mol. The van der Waals surface area contributed by atoms with Crippen molar-refractivity contribution in [2.45, 2.75) is 18.8 Å². The quantitative estimate of drug-likeness (QED) is 0.664. The van der Waals surface area contributed by atoms with Crippen LogP contribution in [-0.4, -0.2) is 11.7 Å². The summed E-state index contributed by atoms with van der Waals surface area (Å²) in [5, 5.41) is 13.2. The summed E-state index contributed by atoms with van der Waals surface area (Å²) in [4.78, 5) is 0. The number of aliphatic hydroxyl groups is 1. The average Bonchev–Trinajstić information content (AvgIpc) is 3.11. The molecule has 0 bridgehead atoms. The SMILES string of the molecule is O[C@@H](CNCc1ccc(-c2cccc(C(F)(F)F)c2)o1)c1ccccc1. The molecule has 1 heterocycles. The number of nitrogens with one attached hydrogen (secondary N) is 1. The standard InChI is InChI=1S/C20H18F3NO2/c21-20(22,23)16-8-4-7-15(11-16)19-10-9-17(26-19)12-24-13-18(25)14-5-2-1-3-6-14/h1-11,18,24-25H,12-13H2/t18-/m0/s1. The Kier molecular flexibility index (Phi) is 5.44. The second kappa shape index (κ2) is 7.76. The maximum atomic E-state index is 12.8. The molecule has 0 saturated heterocycles. The number of alkyl halides is 3. The van der Waals surface area contributed by atoms with Crippen LogP contribution in [0.2, 0.25) is 0 Å². The third-order valence-corrected chi connectivity index (χ3v) is 3.96. The van der Waals surface area contributed by atoms with Crippen molar-refractivity contribution in [2.24, 2.45) is 0 Å². The highest BCUT2D eigenvalue weighted by Gasteiger charge is 2.30. The van der Waals surface area contributed by atoms with Gasteiger partial charge in [0.1, 0.15) is 11.5 Å². The molecule has 3 nitrogen and oxygen atoms in total. The minimum absolute atomic E-state index is 0.337. The molecule has 6 heteroatoms. The second-order valence-corrected chi connectivity index (χ2v) is 5.90. The van der Waals surface area contributed by atoms with Crippen LogP contribution < -0.4 is 5.32 Å². The summed E-state index contributed by atoms with van der Waals surface area (Å²) in [6.45, 7) is 0.701. The Labute approximate surface area is 149 Å². The number of hydrogen-bond acceptors (Lipinski definition) is 3. The highest BCUT2D eigenvalue weighted by atomic mass is 19.4. The molecule has 0 unspecified atom stereocenters. The summed E-state index contributed by atoms with van der Waals surface area (Å²) in [7, 11) is 0. The van der Waals surface area contributed by atoms with Gasteiger partial charge in [-0.15, -0.1) is 0 Å². The molecule has 2 N–H and O–H groups in total. The first-order valence-corrected chi connectivity index (χ1v) is 8.13. The molecule has 3 rings (SSSR count). The molecule has 0 amide bonds. The number of furan rings is 1. The van der Waals surface area contributed by atoms with Crippen LogP contribution in [0.25, 0.3) is 11.3 Å². The Morgan fingerprint density at radius 1 is 0.962 bits per heavy atom. The lowest BCUT2D eigenvalue weighted by molar-refractivity contribution is -0.137. The lowest BCUT2D eigenvalue weighted by Crippen LogP contribution is -2.20. The minimum Gasteiger partial charge on any atom is -0.460 e. The third-order valence-electron chi connectivity index (χ3n) is 3.96. The number of halogens is 3. The number of rotatable bonds is 6. The molecule has 1 atom stereocenters. The molecule has 3 aromatic rings. The van der Waals surface area contributed by atoms with Gasteiger partial charge in [-0.2, -0.15) is 13.2 Å². The first kappa shape index (κ1) is 18.2. The summed E-state index contributed by atoms with van der Waals surface area (Å²) in [5.74, 6) is 0.953. The van der Waals surface area contributed by atoms with Gasteiger partial charge in [-0.05, 0) is 29.8 Å². The molecule has 0 fully saturated rings. The Morgan fingerprint density at radius 3 is 2.46 bits per heavy atom. The summed E-state index contributed by atoms with van der Waals surface area (Å²) in [6, 6.07) is 17.6. The van der Waals surface area contributed by atoms with E-state index in [2.05, 4.69) is 5.32 Å². The van der Waals surface area contributed by atoms with Gasteiger partial charge in [0.2, 0.25) is 0 Å². The van der Waals surface area contributed by atoms with Crippen molar-refractivity contribution < 1.29 is 22.7 Å². The van der Waals surface area contributed by atoms with Crippen molar-refractivity contribution in [3.63, 3.8) is 0 Å². The zero-order valence-electron chi connectivity index (χ0n) is 13.8. The first-order chi connectivity index (χ1) is 12.4. The van der Waals surface area contributed by atoms with Crippen molar-refractivity contribution in [3.05, 3.63) is 83.6 Å². The molecule has 0 aliphatic heterocycles. The van der Waals surface area contributed by atoms with E-state index in [1.807, 2.05) is 30.3 Å². The third kappa shape index (κ3) is 4.53. The Balaban J connectivity index is 1.60. The van der Waals surface area contributed by atoms with Crippen LogP contribution in [0.5, 0.6) is 0 Å². The summed E-state index contributed by atoms with van der Waals surface area (Å²) in [5.41, 5.74) is 0.469. The van der Waals surface area contributed by atoms with Gasteiger partial charge in [-0.1, -0.05) is 42.5 Å². The highest BCUT2D eigenvalue weighted by molar-refractivity contribution is 5.58. The summed E-state index contributed by atoms with van der Waals surface area (Å²) < 4.78 is 44.0. The maximum absolute atomic E-state index is 12.8. The highest BCUT2D eigenvalue weighted by Crippen LogP contribution is 2.32. The Hall–Kier alpha value is -2.57. The van der Waals surface area contributed by atoms with Crippen molar-refractivity contribution >= 4 is 0 Å². The van der Waals surface area contributed by atoms with Gasteiger partial charge in [-0.3, -0.25) is 0 Å². The van der Waals surface area contributed by atoms with E-state index in [0.29, 0.717) is 30.2 Å². The van der Waals surface area contributed by atoms with Crippen molar-refractivity contribution in [1.29, 1.82) is 0 Å². The zero-order valence-corrected chi connectivity index (χ0v) is 13.8.